The van der Waals surface area contributed by atoms with Gasteiger partial charge in [0.15, 0.2) is 5.16 Å². The lowest BCUT2D eigenvalue weighted by Gasteiger charge is -2.13. The minimum absolute atomic E-state index is 0.104. The number of halogens is 1. The monoisotopic (exact) mass is 363 g/mol. The molecule has 0 saturated heterocycles. The van der Waals surface area contributed by atoms with Gasteiger partial charge in [-0.25, -0.2) is 4.98 Å². The van der Waals surface area contributed by atoms with Gasteiger partial charge < -0.3 is 9.88 Å². The van der Waals surface area contributed by atoms with Gasteiger partial charge in [-0.2, -0.15) is 0 Å². The maximum Gasteiger partial charge on any atom is 0.238 e. The Morgan fingerprint density at radius 2 is 2.12 bits per heavy atom. The first-order valence-electron chi connectivity index (χ1n) is 8.15. The quantitative estimate of drug-likeness (QED) is 0.793. The molecule has 2 saturated carbocycles. The zero-order valence-electron chi connectivity index (χ0n) is 13.3. The molecule has 0 aromatic carbocycles. The van der Waals surface area contributed by atoms with E-state index in [0.717, 1.165) is 11.0 Å². The van der Waals surface area contributed by atoms with E-state index in [0.29, 0.717) is 22.8 Å². The molecule has 1 atom stereocenters. The van der Waals surface area contributed by atoms with Crippen molar-refractivity contribution in [2.75, 3.05) is 5.32 Å². The normalized spacial score (nSPS) is 18.4. The van der Waals surface area contributed by atoms with Gasteiger partial charge in [-0.3, -0.25) is 4.79 Å². The summed E-state index contributed by atoms with van der Waals surface area (Å²) < 4.78 is 2.26. The Morgan fingerprint density at radius 3 is 2.75 bits per heavy atom. The summed E-state index contributed by atoms with van der Waals surface area (Å²) in [6.07, 6.45) is 6.28. The van der Waals surface area contributed by atoms with E-state index in [1.807, 2.05) is 6.92 Å². The number of carbonyl (C=O) groups excluding carboxylic acids is 1. The number of pyridine rings is 1. The Balaban J connectivity index is 1.44. The number of nitrogens with one attached hydrogen (secondary N) is 1. The highest BCUT2D eigenvalue weighted by Crippen LogP contribution is 2.46. The zero-order chi connectivity index (χ0) is 16.7. The summed E-state index contributed by atoms with van der Waals surface area (Å²) >= 11 is 7.27. The summed E-state index contributed by atoms with van der Waals surface area (Å²) in [6, 6.07) is 3.91. The van der Waals surface area contributed by atoms with Crippen molar-refractivity contribution in [1.29, 1.82) is 0 Å². The van der Waals surface area contributed by atoms with Crippen LogP contribution in [0.1, 0.15) is 50.4 Å². The van der Waals surface area contributed by atoms with Gasteiger partial charge in [-0.05, 0) is 44.7 Å². The second kappa shape index (κ2) is 6.37. The van der Waals surface area contributed by atoms with Crippen molar-refractivity contribution < 1.29 is 4.79 Å². The van der Waals surface area contributed by atoms with E-state index in [1.165, 1.54) is 43.6 Å². The maximum atomic E-state index is 12.4. The number of hydrogen-bond acceptors (Lipinski definition) is 5. The van der Waals surface area contributed by atoms with Gasteiger partial charge in [0.05, 0.1) is 10.3 Å². The minimum Gasteiger partial charge on any atom is -0.310 e. The third-order valence-corrected chi connectivity index (χ3v) is 5.46. The molecule has 0 aliphatic heterocycles. The lowest BCUT2D eigenvalue weighted by Crippen LogP contribution is -2.23. The first-order chi connectivity index (χ1) is 11.6. The molecule has 2 aliphatic rings. The lowest BCUT2D eigenvalue weighted by atomic mass is 10.4. The molecule has 2 aromatic heterocycles. The topological polar surface area (TPSA) is 72.7 Å². The molecule has 2 fully saturated rings. The highest BCUT2D eigenvalue weighted by Gasteiger charge is 2.37. The smallest absolute Gasteiger partial charge is 0.238 e. The van der Waals surface area contributed by atoms with Crippen LogP contribution >= 0.6 is 23.4 Å². The number of anilines is 1. The summed E-state index contributed by atoms with van der Waals surface area (Å²) in [5, 5.41) is 12.6. The summed E-state index contributed by atoms with van der Waals surface area (Å²) in [4.78, 5) is 16.5. The molecule has 2 aliphatic carbocycles. The summed E-state index contributed by atoms with van der Waals surface area (Å²) in [7, 11) is 0. The summed E-state index contributed by atoms with van der Waals surface area (Å²) in [5.41, 5.74) is 0. The van der Waals surface area contributed by atoms with Crippen molar-refractivity contribution in [3.8, 4) is 0 Å². The Kier molecular flexibility index (Phi) is 4.22. The zero-order valence-corrected chi connectivity index (χ0v) is 14.8. The van der Waals surface area contributed by atoms with Crippen LogP contribution in [0.25, 0.3) is 0 Å². The molecule has 24 heavy (non-hydrogen) atoms. The molecule has 1 N–H and O–H groups in total. The van der Waals surface area contributed by atoms with Crippen molar-refractivity contribution in [3.63, 3.8) is 0 Å². The first kappa shape index (κ1) is 15.9. The second-order valence-corrected chi connectivity index (χ2v) is 8.07. The number of carbonyl (C=O) groups is 1. The molecule has 6 nitrogen and oxygen atoms in total. The Bertz CT molecular complexity index is 754. The van der Waals surface area contributed by atoms with E-state index in [-0.39, 0.29) is 11.2 Å². The molecule has 8 heteroatoms. The molecule has 1 amide bonds. The van der Waals surface area contributed by atoms with Gasteiger partial charge in [-0.1, -0.05) is 23.4 Å². The largest absolute Gasteiger partial charge is 0.310 e. The third kappa shape index (κ3) is 3.42. The second-order valence-electron chi connectivity index (χ2n) is 6.33. The molecule has 2 heterocycles. The van der Waals surface area contributed by atoms with Crippen LogP contribution in [0, 0.1) is 0 Å². The van der Waals surface area contributed by atoms with Crippen LogP contribution in [-0.2, 0) is 4.79 Å². The summed E-state index contributed by atoms with van der Waals surface area (Å²) in [5.74, 6) is 2.06. The molecule has 126 valence electrons. The SMILES string of the molecule is C[C@@H](Sc1nnc(C2CC2)n1C1CC1)C(=O)Nc1ccc(Cl)cn1. The Morgan fingerprint density at radius 1 is 1.33 bits per heavy atom. The van der Waals surface area contributed by atoms with Crippen LogP contribution in [-0.4, -0.2) is 30.9 Å². The van der Waals surface area contributed by atoms with Crippen LogP contribution < -0.4 is 5.32 Å². The number of nitrogens with zero attached hydrogens (tertiary/aromatic N) is 4. The van der Waals surface area contributed by atoms with E-state index >= 15 is 0 Å². The number of rotatable bonds is 6. The fourth-order valence-electron chi connectivity index (χ4n) is 2.55. The third-order valence-electron chi connectivity index (χ3n) is 4.18. The van der Waals surface area contributed by atoms with Crippen LogP contribution in [0.4, 0.5) is 5.82 Å². The fraction of sp³-hybridized carbons (Fsp3) is 0.500. The van der Waals surface area contributed by atoms with Crippen LogP contribution in [0.2, 0.25) is 5.02 Å². The van der Waals surface area contributed by atoms with E-state index in [2.05, 4.69) is 25.1 Å². The van der Waals surface area contributed by atoms with Crippen LogP contribution in [0.3, 0.4) is 0 Å². The molecule has 4 rings (SSSR count). The van der Waals surface area contributed by atoms with E-state index in [4.69, 9.17) is 11.6 Å². The van der Waals surface area contributed by atoms with E-state index in [9.17, 15) is 4.79 Å². The van der Waals surface area contributed by atoms with Crippen molar-refractivity contribution in [2.24, 2.45) is 0 Å². The van der Waals surface area contributed by atoms with E-state index < -0.39 is 0 Å². The standard InChI is InChI=1S/C16H18ClN5OS/c1-9(15(23)19-13-7-4-11(17)8-18-13)24-16-21-20-14(10-2-3-10)22(16)12-5-6-12/h4,7-10,12H,2-3,5-6H2,1H3,(H,18,19,23)/t9-/m1/s1. The molecular formula is C16H18ClN5OS. The van der Waals surface area contributed by atoms with E-state index in [1.54, 1.807) is 12.1 Å². The molecule has 0 unspecified atom stereocenters. The highest BCUT2D eigenvalue weighted by atomic mass is 35.5. The van der Waals surface area contributed by atoms with Crippen molar-refractivity contribution in [2.45, 2.75) is 55.0 Å². The fourth-order valence-corrected chi connectivity index (χ4v) is 3.59. The van der Waals surface area contributed by atoms with Gasteiger partial charge >= 0.3 is 0 Å². The molecule has 0 bridgehead atoms. The minimum atomic E-state index is -0.281. The van der Waals surface area contributed by atoms with Gasteiger partial charge in [0.1, 0.15) is 11.6 Å². The molecule has 0 spiro atoms. The van der Waals surface area contributed by atoms with Gasteiger partial charge in [-0.15, -0.1) is 10.2 Å². The van der Waals surface area contributed by atoms with Crippen LogP contribution in [0.5, 0.6) is 0 Å². The molecule has 0 radical (unpaired) electrons. The molecule has 2 aromatic rings. The maximum absolute atomic E-state index is 12.4. The van der Waals surface area contributed by atoms with Gasteiger partial charge in [0.25, 0.3) is 0 Å². The van der Waals surface area contributed by atoms with Gasteiger partial charge in [0, 0.05) is 18.2 Å². The van der Waals surface area contributed by atoms with Crippen molar-refractivity contribution in [1.82, 2.24) is 19.7 Å². The Hall–Kier alpha value is -1.60. The predicted molar refractivity (Wildman–Crippen MR) is 93.5 cm³/mol. The average molecular weight is 364 g/mol. The number of aromatic nitrogens is 4. The van der Waals surface area contributed by atoms with Crippen molar-refractivity contribution in [3.05, 3.63) is 29.2 Å². The number of thioether (sulfide) groups is 1. The molecular weight excluding hydrogens is 346 g/mol. The van der Waals surface area contributed by atoms with Crippen LogP contribution in [0.15, 0.2) is 23.5 Å². The predicted octanol–water partition coefficient (Wildman–Crippen LogP) is 3.66. The summed E-state index contributed by atoms with van der Waals surface area (Å²) in [6.45, 7) is 1.87. The first-order valence-corrected chi connectivity index (χ1v) is 9.41. The van der Waals surface area contributed by atoms with Gasteiger partial charge in [0.2, 0.25) is 5.91 Å². The average Bonchev–Trinajstić information content (AvgIpc) is 3.49. The lowest BCUT2D eigenvalue weighted by molar-refractivity contribution is -0.115. The highest BCUT2D eigenvalue weighted by molar-refractivity contribution is 8.00. The van der Waals surface area contributed by atoms with Crippen molar-refractivity contribution >= 4 is 35.1 Å². The number of amides is 1. The Labute approximate surface area is 149 Å². The number of hydrogen-bond donors (Lipinski definition) is 1.